The first-order chi connectivity index (χ1) is 8.59. The highest BCUT2D eigenvalue weighted by Gasteiger charge is 2.47. The second-order valence-electron chi connectivity index (χ2n) is 5.49. The van der Waals surface area contributed by atoms with Crippen molar-refractivity contribution in [3.8, 4) is 0 Å². The Morgan fingerprint density at radius 3 is 2.72 bits per heavy atom. The van der Waals surface area contributed by atoms with E-state index in [2.05, 4.69) is 23.4 Å². The molecule has 1 aliphatic rings. The number of hydrogen-bond donors (Lipinski definition) is 1. The van der Waals surface area contributed by atoms with Crippen molar-refractivity contribution >= 4 is 11.0 Å². The number of halogens is 1. The molecule has 0 spiro atoms. The molecule has 1 aromatic heterocycles. The zero-order chi connectivity index (χ0) is 12.9. The molecule has 3 nitrogen and oxygen atoms in total. The summed E-state index contributed by atoms with van der Waals surface area (Å²) in [6, 6.07) is 5.40. The average Bonchev–Trinajstić information content (AvgIpc) is 3.03. The van der Waals surface area contributed by atoms with Gasteiger partial charge in [-0.25, -0.2) is 9.37 Å². The molecular formula is C14H18FN3. The van der Waals surface area contributed by atoms with Gasteiger partial charge in [0, 0.05) is 18.0 Å². The maximum Gasteiger partial charge on any atom is 0.151 e. The van der Waals surface area contributed by atoms with Crippen molar-refractivity contribution in [2.75, 3.05) is 6.54 Å². The van der Waals surface area contributed by atoms with Crippen LogP contribution in [0.1, 0.15) is 38.6 Å². The van der Waals surface area contributed by atoms with Gasteiger partial charge in [-0.1, -0.05) is 6.07 Å². The molecule has 4 heteroatoms. The SMILES string of the molecule is CC(C)n1c(C2(CN)CC2)nc2c(F)cccc21. The molecule has 1 heterocycles. The Morgan fingerprint density at radius 2 is 2.17 bits per heavy atom. The molecule has 0 bridgehead atoms. The van der Waals surface area contributed by atoms with Gasteiger partial charge >= 0.3 is 0 Å². The summed E-state index contributed by atoms with van der Waals surface area (Å²) in [5.74, 6) is 0.709. The monoisotopic (exact) mass is 247 g/mol. The van der Waals surface area contributed by atoms with Gasteiger partial charge in [0.15, 0.2) is 5.82 Å². The van der Waals surface area contributed by atoms with Gasteiger partial charge in [0.05, 0.1) is 5.52 Å². The van der Waals surface area contributed by atoms with E-state index in [1.165, 1.54) is 6.07 Å². The van der Waals surface area contributed by atoms with Crippen LogP contribution in [0.4, 0.5) is 4.39 Å². The standard InChI is InChI=1S/C14H18FN3/c1-9(2)18-11-5-3-4-10(15)12(11)17-13(18)14(8-16)6-7-14/h3-5,9H,6-8,16H2,1-2H3. The summed E-state index contributed by atoms with van der Waals surface area (Å²) >= 11 is 0. The van der Waals surface area contributed by atoms with Crippen molar-refractivity contribution in [2.45, 2.75) is 38.1 Å². The zero-order valence-electron chi connectivity index (χ0n) is 10.8. The first-order valence-corrected chi connectivity index (χ1v) is 6.46. The molecule has 0 saturated heterocycles. The van der Waals surface area contributed by atoms with Crippen molar-refractivity contribution in [1.29, 1.82) is 0 Å². The molecule has 0 aliphatic heterocycles. The molecule has 1 aliphatic carbocycles. The predicted molar refractivity (Wildman–Crippen MR) is 70.0 cm³/mol. The van der Waals surface area contributed by atoms with E-state index < -0.39 is 0 Å². The third-order valence-electron chi connectivity index (χ3n) is 3.91. The Balaban J connectivity index is 2.31. The minimum Gasteiger partial charge on any atom is -0.329 e. The Kier molecular flexibility index (Phi) is 2.45. The van der Waals surface area contributed by atoms with Crippen LogP contribution in [0.25, 0.3) is 11.0 Å². The molecule has 0 radical (unpaired) electrons. The van der Waals surface area contributed by atoms with Gasteiger partial charge in [0.25, 0.3) is 0 Å². The van der Waals surface area contributed by atoms with Gasteiger partial charge in [-0.2, -0.15) is 0 Å². The van der Waals surface area contributed by atoms with Crippen LogP contribution < -0.4 is 5.73 Å². The summed E-state index contributed by atoms with van der Waals surface area (Å²) in [7, 11) is 0. The number of imidazole rings is 1. The molecule has 1 fully saturated rings. The molecule has 2 N–H and O–H groups in total. The second kappa shape index (κ2) is 3.79. The fraction of sp³-hybridized carbons (Fsp3) is 0.500. The number of benzene rings is 1. The van der Waals surface area contributed by atoms with Crippen LogP contribution in [0.5, 0.6) is 0 Å². The number of rotatable bonds is 3. The zero-order valence-corrected chi connectivity index (χ0v) is 10.8. The number of hydrogen-bond acceptors (Lipinski definition) is 2. The first kappa shape index (κ1) is 11.7. The summed E-state index contributed by atoms with van der Waals surface area (Å²) < 4.78 is 16.0. The topological polar surface area (TPSA) is 43.8 Å². The minimum atomic E-state index is -0.249. The average molecular weight is 247 g/mol. The second-order valence-corrected chi connectivity index (χ2v) is 5.49. The molecule has 0 atom stereocenters. The number of nitrogens with two attached hydrogens (primary N) is 1. The Morgan fingerprint density at radius 1 is 1.44 bits per heavy atom. The van der Waals surface area contributed by atoms with Gasteiger partial charge in [-0.05, 0) is 38.8 Å². The lowest BCUT2D eigenvalue weighted by Crippen LogP contribution is -2.25. The van der Waals surface area contributed by atoms with E-state index in [4.69, 9.17) is 5.73 Å². The molecule has 0 unspecified atom stereocenters. The van der Waals surface area contributed by atoms with Crippen LogP contribution in [-0.2, 0) is 5.41 Å². The van der Waals surface area contributed by atoms with Crippen LogP contribution >= 0.6 is 0 Å². The predicted octanol–water partition coefficient (Wildman–Crippen LogP) is 2.75. The van der Waals surface area contributed by atoms with E-state index in [1.54, 1.807) is 6.07 Å². The number of aromatic nitrogens is 2. The molecule has 2 aromatic rings. The summed E-state index contributed by atoms with van der Waals surface area (Å²) in [6.45, 7) is 4.79. The van der Waals surface area contributed by atoms with Gasteiger partial charge in [0.1, 0.15) is 11.3 Å². The molecule has 1 aromatic carbocycles. The van der Waals surface area contributed by atoms with Crippen LogP contribution in [0, 0.1) is 5.82 Å². The lowest BCUT2D eigenvalue weighted by Gasteiger charge is -2.18. The van der Waals surface area contributed by atoms with E-state index in [0.29, 0.717) is 12.1 Å². The normalized spacial score (nSPS) is 17.6. The van der Waals surface area contributed by atoms with E-state index in [1.807, 2.05) is 6.07 Å². The maximum atomic E-state index is 13.8. The van der Waals surface area contributed by atoms with E-state index in [-0.39, 0.29) is 17.3 Å². The van der Waals surface area contributed by atoms with Crippen molar-refractivity contribution in [2.24, 2.45) is 5.73 Å². The van der Waals surface area contributed by atoms with Crippen molar-refractivity contribution in [3.63, 3.8) is 0 Å². The highest BCUT2D eigenvalue weighted by Crippen LogP contribution is 2.48. The van der Waals surface area contributed by atoms with Gasteiger partial charge in [-0.15, -0.1) is 0 Å². The maximum absolute atomic E-state index is 13.8. The van der Waals surface area contributed by atoms with Crippen molar-refractivity contribution in [3.05, 3.63) is 29.8 Å². The van der Waals surface area contributed by atoms with Gasteiger partial charge in [-0.3, -0.25) is 0 Å². The molecule has 96 valence electrons. The Bertz CT molecular complexity index is 596. The molecule has 1 saturated carbocycles. The third-order valence-corrected chi connectivity index (χ3v) is 3.91. The van der Waals surface area contributed by atoms with Gasteiger partial charge < -0.3 is 10.3 Å². The molecule has 3 rings (SSSR count). The van der Waals surface area contributed by atoms with Crippen LogP contribution in [0.2, 0.25) is 0 Å². The summed E-state index contributed by atoms with van der Waals surface area (Å²) in [5.41, 5.74) is 7.21. The largest absolute Gasteiger partial charge is 0.329 e. The Labute approximate surface area is 106 Å². The first-order valence-electron chi connectivity index (χ1n) is 6.46. The van der Waals surface area contributed by atoms with Crippen LogP contribution in [-0.4, -0.2) is 16.1 Å². The number of nitrogens with zero attached hydrogens (tertiary/aromatic N) is 2. The summed E-state index contributed by atoms with van der Waals surface area (Å²) in [4.78, 5) is 4.55. The fourth-order valence-electron chi connectivity index (χ4n) is 2.65. The fourth-order valence-corrected chi connectivity index (χ4v) is 2.65. The highest BCUT2D eigenvalue weighted by atomic mass is 19.1. The van der Waals surface area contributed by atoms with Gasteiger partial charge in [0.2, 0.25) is 0 Å². The minimum absolute atomic E-state index is 0.0181. The Hall–Kier alpha value is -1.42. The number of fused-ring (bicyclic) bond motifs is 1. The lowest BCUT2D eigenvalue weighted by atomic mass is 10.1. The molecular weight excluding hydrogens is 229 g/mol. The quantitative estimate of drug-likeness (QED) is 0.906. The van der Waals surface area contributed by atoms with Crippen LogP contribution in [0.3, 0.4) is 0 Å². The highest BCUT2D eigenvalue weighted by molar-refractivity contribution is 5.77. The summed E-state index contributed by atoms with van der Waals surface area (Å²) in [6.07, 6.45) is 2.11. The van der Waals surface area contributed by atoms with Crippen LogP contribution in [0.15, 0.2) is 18.2 Å². The smallest absolute Gasteiger partial charge is 0.151 e. The lowest BCUT2D eigenvalue weighted by molar-refractivity contribution is 0.530. The third kappa shape index (κ3) is 1.48. The van der Waals surface area contributed by atoms with Crippen molar-refractivity contribution < 1.29 is 4.39 Å². The molecule has 0 amide bonds. The number of para-hydroxylation sites is 1. The van der Waals surface area contributed by atoms with E-state index in [9.17, 15) is 4.39 Å². The van der Waals surface area contributed by atoms with E-state index in [0.717, 1.165) is 24.2 Å². The van der Waals surface area contributed by atoms with E-state index >= 15 is 0 Å². The summed E-state index contributed by atoms with van der Waals surface area (Å²) in [5, 5.41) is 0. The molecule has 18 heavy (non-hydrogen) atoms. The van der Waals surface area contributed by atoms with Crippen molar-refractivity contribution in [1.82, 2.24) is 9.55 Å².